The Balaban J connectivity index is 2.58. The van der Waals surface area contributed by atoms with Crippen molar-refractivity contribution in [3.05, 3.63) is 17.2 Å². The molecule has 0 aliphatic carbocycles. The van der Waals surface area contributed by atoms with E-state index in [0.717, 1.165) is 62.5 Å². The number of hydrogen-bond donors (Lipinski definition) is 1. The molecule has 6 heteroatoms. The molecule has 27 heavy (non-hydrogen) atoms. The second-order valence-electron chi connectivity index (χ2n) is 6.70. The van der Waals surface area contributed by atoms with E-state index in [9.17, 15) is 9.59 Å². The Labute approximate surface area is 161 Å². The number of hydrogen-bond acceptors (Lipinski definition) is 5. The third-order valence-electron chi connectivity index (χ3n) is 4.51. The van der Waals surface area contributed by atoms with Gasteiger partial charge < -0.3 is 19.3 Å². The number of aliphatic carboxylic acids is 1. The quantitative estimate of drug-likeness (QED) is 0.304. The minimum Gasteiger partial charge on any atom is -0.493 e. The summed E-state index contributed by atoms with van der Waals surface area (Å²) in [6.45, 7) is 3.36. The normalized spacial score (nSPS) is 10.5. The van der Waals surface area contributed by atoms with Gasteiger partial charge in [-0.25, -0.2) is 0 Å². The fourth-order valence-electron chi connectivity index (χ4n) is 3.15. The number of unbranched alkanes of at least 4 members (excludes halogenated alkanes) is 6. The summed E-state index contributed by atoms with van der Waals surface area (Å²) in [5.74, 6) is 0.353. The Hall–Kier alpha value is -2.24. The third kappa shape index (κ3) is 7.89. The average Bonchev–Trinajstić information content (AvgIpc) is 2.61. The standard InChI is InChI=1S/C21H32O6/c1-15-14-18(25-3)21(26-4)20(27-16(2)22)17(15)12-10-8-6-5-7-9-11-13-19(23)24/h14H,5-13H2,1-4H3,(H,23,24). The lowest BCUT2D eigenvalue weighted by molar-refractivity contribution is -0.137. The van der Waals surface area contributed by atoms with Crippen LogP contribution in [0.3, 0.4) is 0 Å². The molecule has 6 nitrogen and oxygen atoms in total. The molecule has 0 bridgehead atoms. The summed E-state index contributed by atoms with van der Waals surface area (Å²) in [6.07, 6.45) is 8.14. The van der Waals surface area contributed by atoms with Crippen LogP contribution in [-0.2, 0) is 16.0 Å². The Morgan fingerprint density at radius 3 is 2.04 bits per heavy atom. The number of aryl methyl sites for hydroxylation is 1. The van der Waals surface area contributed by atoms with E-state index in [1.54, 1.807) is 7.11 Å². The number of benzene rings is 1. The number of carbonyl (C=O) groups is 2. The number of carbonyl (C=O) groups excluding carboxylic acids is 1. The lowest BCUT2D eigenvalue weighted by Crippen LogP contribution is -2.08. The highest BCUT2D eigenvalue weighted by Crippen LogP contribution is 2.42. The molecule has 152 valence electrons. The van der Waals surface area contributed by atoms with Crippen molar-refractivity contribution in [2.24, 2.45) is 0 Å². The van der Waals surface area contributed by atoms with Gasteiger partial charge in [-0.15, -0.1) is 0 Å². The highest BCUT2D eigenvalue weighted by Gasteiger charge is 2.20. The maximum Gasteiger partial charge on any atom is 0.308 e. The molecule has 0 saturated heterocycles. The van der Waals surface area contributed by atoms with Crippen molar-refractivity contribution in [3.8, 4) is 17.2 Å². The van der Waals surface area contributed by atoms with Crippen LogP contribution in [0.15, 0.2) is 6.07 Å². The Morgan fingerprint density at radius 1 is 0.926 bits per heavy atom. The Bertz CT molecular complexity index is 624. The average molecular weight is 380 g/mol. The molecular weight excluding hydrogens is 348 g/mol. The Morgan fingerprint density at radius 2 is 1.52 bits per heavy atom. The van der Waals surface area contributed by atoms with E-state index in [1.807, 2.05) is 13.0 Å². The van der Waals surface area contributed by atoms with Crippen LogP contribution < -0.4 is 14.2 Å². The SMILES string of the molecule is COc1cc(C)c(CCCCCCCCCC(=O)O)c(OC(C)=O)c1OC. The van der Waals surface area contributed by atoms with Crippen LogP contribution in [0.2, 0.25) is 0 Å². The van der Waals surface area contributed by atoms with Gasteiger partial charge in [-0.1, -0.05) is 32.1 Å². The molecule has 0 amide bonds. The summed E-state index contributed by atoms with van der Waals surface area (Å²) in [5.41, 5.74) is 1.99. The van der Waals surface area contributed by atoms with E-state index >= 15 is 0 Å². The van der Waals surface area contributed by atoms with E-state index in [4.69, 9.17) is 19.3 Å². The maximum absolute atomic E-state index is 11.5. The second-order valence-corrected chi connectivity index (χ2v) is 6.70. The van der Waals surface area contributed by atoms with Gasteiger partial charge >= 0.3 is 11.9 Å². The molecular formula is C21H32O6. The van der Waals surface area contributed by atoms with Crippen molar-refractivity contribution < 1.29 is 28.9 Å². The Kier molecular flexibility index (Phi) is 10.3. The van der Waals surface area contributed by atoms with Crippen molar-refractivity contribution in [1.82, 2.24) is 0 Å². The summed E-state index contributed by atoms with van der Waals surface area (Å²) in [4.78, 5) is 22.0. The molecule has 0 aromatic heterocycles. The molecule has 0 atom stereocenters. The van der Waals surface area contributed by atoms with E-state index < -0.39 is 5.97 Å². The molecule has 0 heterocycles. The minimum absolute atomic E-state index is 0.261. The zero-order chi connectivity index (χ0) is 20.2. The van der Waals surface area contributed by atoms with Gasteiger partial charge in [0.1, 0.15) is 0 Å². The van der Waals surface area contributed by atoms with E-state index in [0.29, 0.717) is 17.2 Å². The monoisotopic (exact) mass is 380 g/mol. The molecule has 0 aliphatic rings. The third-order valence-corrected chi connectivity index (χ3v) is 4.51. The molecule has 0 fully saturated rings. The largest absolute Gasteiger partial charge is 0.493 e. The molecule has 0 aliphatic heterocycles. The topological polar surface area (TPSA) is 82.1 Å². The first kappa shape index (κ1) is 22.8. The van der Waals surface area contributed by atoms with E-state index in [2.05, 4.69) is 0 Å². The van der Waals surface area contributed by atoms with Gasteiger partial charge in [0.25, 0.3) is 0 Å². The van der Waals surface area contributed by atoms with Crippen LogP contribution in [0, 0.1) is 6.92 Å². The molecule has 1 N–H and O–H groups in total. The smallest absolute Gasteiger partial charge is 0.308 e. The molecule has 1 rings (SSSR count). The second kappa shape index (κ2) is 12.2. The number of carboxylic acids is 1. The molecule has 1 aromatic rings. The summed E-state index contributed by atoms with van der Waals surface area (Å²) < 4.78 is 16.2. The summed E-state index contributed by atoms with van der Waals surface area (Å²) in [7, 11) is 3.10. The van der Waals surface area contributed by atoms with Gasteiger partial charge in [0.15, 0.2) is 11.5 Å². The van der Waals surface area contributed by atoms with Crippen molar-refractivity contribution in [3.63, 3.8) is 0 Å². The van der Waals surface area contributed by atoms with Crippen LogP contribution in [0.5, 0.6) is 17.2 Å². The van der Waals surface area contributed by atoms with Crippen LogP contribution in [0.25, 0.3) is 0 Å². The fraction of sp³-hybridized carbons (Fsp3) is 0.619. The predicted molar refractivity (Wildman–Crippen MR) is 104 cm³/mol. The van der Waals surface area contributed by atoms with Gasteiger partial charge in [-0.3, -0.25) is 9.59 Å². The number of methoxy groups -OCH3 is 2. The molecule has 0 radical (unpaired) electrons. The minimum atomic E-state index is -0.719. The summed E-state index contributed by atoms with van der Waals surface area (Å²) in [6, 6.07) is 1.91. The van der Waals surface area contributed by atoms with Gasteiger partial charge in [0.05, 0.1) is 14.2 Å². The van der Waals surface area contributed by atoms with Gasteiger partial charge in [-0.2, -0.15) is 0 Å². The maximum atomic E-state index is 11.5. The van der Waals surface area contributed by atoms with Gasteiger partial charge in [0, 0.05) is 18.9 Å². The first-order valence-corrected chi connectivity index (χ1v) is 9.55. The van der Waals surface area contributed by atoms with Crippen molar-refractivity contribution >= 4 is 11.9 Å². The first-order chi connectivity index (χ1) is 12.9. The highest BCUT2D eigenvalue weighted by molar-refractivity contribution is 5.73. The lowest BCUT2D eigenvalue weighted by Gasteiger charge is -2.18. The molecule has 0 saturated carbocycles. The van der Waals surface area contributed by atoms with E-state index in [1.165, 1.54) is 14.0 Å². The van der Waals surface area contributed by atoms with Crippen molar-refractivity contribution in [2.45, 2.75) is 71.6 Å². The van der Waals surface area contributed by atoms with Crippen molar-refractivity contribution in [2.75, 3.05) is 14.2 Å². The van der Waals surface area contributed by atoms with Crippen LogP contribution in [0.1, 0.15) is 69.4 Å². The van der Waals surface area contributed by atoms with Crippen molar-refractivity contribution in [1.29, 1.82) is 0 Å². The summed E-state index contributed by atoms with van der Waals surface area (Å²) >= 11 is 0. The molecule has 0 unspecified atom stereocenters. The number of rotatable bonds is 13. The number of carboxylic acid groups (broad SMARTS) is 1. The van der Waals surface area contributed by atoms with Crippen LogP contribution in [0.4, 0.5) is 0 Å². The number of ether oxygens (including phenoxy) is 3. The molecule has 1 aromatic carbocycles. The zero-order valence-electron chi connectivity index (χ0n) is 16.9. The highest BCUT2D eigenvalue weighted by atomic mass is 16.6. The predicted octanol–water partition coefficient (Wildman–Crippen LogP) is 4.69. The van der Waals surface area contributed by atoms with Gasteiger partial charge in [-0.05, 0) is 37.8 Å². The van der Waals surface area contributed by atoms with Crippen LogP contribution >= 0.6 is 0 Å². The summed E-state index contributed by atoms with van der Waals surface area (Å²) in [5, 5.41) is 8.62. The lowest BCUT2D eigenvalue weighted by atomic mass is 9.99. The number of esters is 1. The zero-order valence-corrected chi connectivity index (χ0v) is 16.9. The van der Waals surface area contributed by atoms with E-state index in [-0.39, 0.29) is 12.4 Å². The van der Waals surface area contributed by atoms with Crippen LogP contribution in [-0.4, -0.2) is 31.3 Å². The van der Waals surface area contributed by atoms with Gasteiger partial charge in [0.2, 0.25) is 5.75 Å². The molecule has 0 spiro atoms. The fourth-order valence-corrected chi connectivity index (χ4v) is 3.15. The first-order valence-electron chi connectivity index (χ1n) is 9.55.